The van der Waals surface area contributed by atoms with E-state index in [1.165, 1.54) is 5.49 Å². The van der Waals surface area contributed by atoms with Crippen LogP contribution in [0.3, 0.4) is 0 Å². The minimum Gasteiger partial charge on any atom is -0.352 e. The van der Waals surface area contributed by atoms with Gasteiger partial charge in [-0.3, -0.25) is 0 Å². The number of thioether (sulfide) groups is 1. The van der Waals surface area contributed by atoms with Crippen LogP contribution in [0, 0.1) is 0 Å². The number of anilines is 1. The summed E-state index contributed by atoms with van der Waals surface area (Å²) in [4.78, 5) is 0. The van der Waals surface area contributed by atoms with Crippen molar-refractivity contribution in [3.8, 4) is 0 Å². The lowest BCUT2D eigenvalue weighted by molar-refractivity contribution is 1.15. The molecule has 0 aliphatic carbocycles. The molecule has 0 saturated carbocycles. The summed E-state index contributed by atoms with van der Waals surface area (Å²) in [7, 11) is 0. The van der Waals surface area contributed by atoms with E-state index in [4.69, 9.17) is 35.4 Å². The first-order valence-corrected chi connectivity index (χ1v) is 8.80. The van der Waals surface area contributed by atoms with Gasteiger partial charge in [0.1, 0.15) is 0 Å². The summed E-state index contributed by atoms with van der Waals surface area (Å²) >= 11 is 19.3. The molecule has 1 atom stereocenters. The van der Waals surface area contributed by atoms with E-state index in [-0.39, 0.29) is 5.25 Å². The van der Waals surface area contributed by atoms with Gasteiger partial charge in [-0.05, 0) is 41.1 Å². The zero-order valence-electron chi connectivity index (χ0n) is 11.5. The molecule has 0 fully saturated rings. The molecular formula is C16H15Cl2NS2. The fraction of sp³-hybridized carbons (Fsp3) is 0.188. The second-order valence-electron chi connectivity index (χ2n) is 4.35. The van der Waals surface area contributed by atoms with Crippen LogP contribution in [-0.2, 0) is 0 Å². The van der Waals surface area contributed by atoms with Gasteiger partial charge in [-0.15, -0.1) is 11.8 Å². The lowest BCUT2D eigenvalue weighted by Gasteiger charge is -2.21. The Balaban J connectivity index is 2.54. The van der Waals surface area contributed by atoms with E-state index >= 15 is 0 Å². The van der Waals surface area contributed by atoms with E-state index in [2.05, 4.69) is 18.3 Å². The van der Waals surface area contributed by atoms with Gasteiger partial charge in [0.15, 0.2) is 0 Å². The van der Waals surface area contributed by atoms with Crippen LogP contribution in [0.4, 0.5) is 5.69 Å². The average molecular weight is 356 g/mol. The van der Waals surface area contributed by atoms with Gasteiger partial charge in [0, 0.05) is 15.7 Å². The Morgan fingerprint density at radius 1 is 1.19 bits per heavy atom. The van der Waals surface area contributed by atoms with Crippen molar-refractivity contribution in [2.24, 2.45) is 0 Å². The van der Waals surface area contributed by atoms with Crippen LogP contribution in [0.2, 0.25) is 10.0 Å². The van der Waals surface area contributed by atoms with Gasteiger partial charge in [-0.25, -0.2) is 0 Å². The van der Waals surface area contributed by atoms with Gasteiger partial charge in [-0.2, -0.15) is 0 Å². The molecule has 1 nitrogen and oxygen atoms in total. The van der Waals surface area contributed by atoms with Crippen molar-refractivity contribution in [2.45, 2.75) is 12.2 Å². The SMILES string of the molecule is CCSC(c1ccccc1Cl)c1cc(Cl)ccc1NC=S. The maximum atomic E-state index is 6.38. The minimum atomic E-state index is 0.111. The van der Waals surface area contributed by atoms with E-state index in [1.54, 1.807) is 0 Å². The minimum absolute atomic E-state index is 0.111. The predicted molar refractivity (Wildman–Crippen MR) is 100 cm³/mol. The van der Waals surface area contributed by atoms with Gasteiger partial charge in [0.25, 0.3) is 0 Å². The van der Waals surface area contributed by atoms with Crippen molar-refractivity contribution in [3.63, 3.8) is 0 Å². The smallest absolute Gasteiger partial charge is 0.0659 e. The first-order chi connectivity index (χ1) is 10.2. The van der Waals surface area contributed by atoms with Gasteiger partial charge in [0.05, 0.1) is 10.7 Å². The van der Waals surface area contributed by atoms with Gasteiger partial charge < -0.3 is 5.32 Å². The molecule has 0 aliphatic rings. The van der Waals surface area contributed by atoms with Crippen LogP contribution in [0.15, 0.2) is 42.5 Å². The Kier molecular flexibility index (Phi) is 6.37. The standard InChI is InChI=1S/C16H15Cl2NS2/c1-2-21-16(12-5-3-4-6-14(12)18)13-9-11(17)7-8-15(13)19-10-20/h3-10,16H,2H2,1H3,(H,19,20). The zero-order chi connectivity index (χ0) is 15.2. The molecule has 2 rings (SSSR count). The maximum absolute atomic E-state index is 6.38. The van der Waals surface area contributed by atoms with E-state index in [0.717, 1.165) is 27.6 Å². The molecule has 0 amide bonds. The first kappa shape index (κ1) is 16.6. The average Bonchev–Trinajstić information content (AvgIpc) is 2.48. The molecule has 2 aromatic carbocycles. The van der Waals surface area contributed by atoms with Gasteiger partial charge >= 0.3 is 0 Å². The van der Waals surface area contributed by atoms with Gasteiger partial charge in [-0.1, -0.05) is 60.5 Å². The number of hydrogen-bond donors (Lipinski definition) is 1. The van der Waals surface area contributed by atoms with E-state index < -0.39 is 0 Å². The highest BCUT2D eigenvalue weighted by Gasteiger charge is 2.20. The molecule has 0 spiro atoms. The number of hydrogen-bond acceptors (Lipinski definition) is 2. The third kappa shape index (κ3) is 4.13. The molecule has 2 aromatic rings. The lowest BCUT2D eigenvalue weighted by Crippen LogP contribution is -2.04. The van der Waals surface area contributed by atoms with Crippen molar-refractivity contribution in [1.82, 2.24) is 0 Å². The summed E-state index contributed by atoms with van der Waals surface area (Å²) in [6, 6.07) is 13.7. The molecule has 0 radical (unpaired) electrons. The van der Waals surface area contributed by atoms with Crippen molar-refractivity contribution in [3.05, 3.63) is 63.6 Å². The van der Waals surface area contributed by atoms with Crippen molar-refractivity contribution in [2.75, 3.05) is 11.1 Å². The Bertz CT molecular complexity index is 631. The molecular weight excluding hydrogens is 341 g/mol. The highest BCUT2D eigenvalue weighted by atomic mass is 35.5. The van der Waals surface area contributed by atoms with E-state index in [1.807, 2.05) is 48.2 Å². The van der Waals surface area contributed by atoms with Crippen LogP contribution in [0.1, 0.15) is 23.3 Å². The predicted octanol–water partition coefficient (Wildman–Crippen LogP) is 6.21. The molecule has 0 aliphatic heterocycles. The summed E-state index contributed by atoms with van der Waals surface area (Å²) in [5, 5.41) is 4.68. The summed E-state index contributed by atoms with van der Waals surface area (Å²) < 4.78 is 0. The van der Waals surface area contributed by atoms with E-state index in [0.29, 0.717) is 5.02 Å². The van der Waals surface area contributed by atoms with Crippen LogP contribution < -0.4 is 5.32 Å². The Labute approximate surface area is 145 Å². The lowest BCUT2D eigenvalue weighted by atomic mass is 10.0. The highest BCUT2D eigenvalue weighted by molar-refractivity contribution is 7.99. The third-order valence-electron chi connectivity index (χ3n) is 3.03. The van der Waals surface area contributed by atoms with Crippen molar-refractivity contribution >= 4 is 58.4 Å². The monoisotopic (exact) mass is 355 g/mol. The molecule has 110 valence electrons. The van der Waals surface area contributed by atoms with Crippen LogP contribution in [-0.4, -0.2) is 11.2 Å². The number of halogens is 2. The molecule has 1 unspecified atom stereocenters. The first-order valence-electron chi connectivity index (χ1n) is 6.53. The molecule has 5 heteroatoms. The normalized spacial score (nSPS) is 12.0. The van der Waals surface area contributed by atoms with Crippen LogP contribution in [0.25, 0.3) is 0 Å². The van der Waals surface area contributed by atoms with E-state index in [9.17, 15) is 0 Å². The maximum Gasteiger partial charge on any atom is 0.0659 e. The molecule has 21 heavy (non-hydrogen) atoms. The van der Waals surface area contributed by atoms with Gasteiger partial charge in [0.2, 0.25) is 0 Å². The third-order valence-corrected chi connectivity index (χ3v) is 4.90. The topological polar surface area (TPSA) is 12.0 Å². The van der Waals surface area contributed by atoms with Crippen molar-refractivity contribution in [1.29, 1.82) is 0 Å². The molecule has 1 N–H and O–H groups in total. The second-order valence-corrected chi connectivity index (χ2v) is 6.81. The fourth-order valence-electron chi connectivity index (χ4n) is 2.15. The summed E-state index contributed by atoms with van der Waals surface area (Å²) in [6.07, 6.45) is 0. The van der Waals surface area contributed by atoms with Crippen LogP contribution >= 0.6 is 47.2 Å². The number of rotatable bonds is 6. The quantitative estimate of drug-likeness (QED) is 0.619. The largest absolute Gasteiger partial charge is 0.352 e. The Hall–Kier alpha value is -0.740. The summed E-state index contributed by atoms with van der Waals surface area (Å²) in [5.41, 5.74) is 4.64. The summed E-state index contributed by atoms with van der Waals surface area (Å²) in [6.45, 7) is 2.13. The Morgan fingerprint density at radius 3 is 2.62 bits per heavy atom. The van der Waals surface area contributed by atoms with Crippen molar-refractivity contribution < 1.29 is 0 Å². The number of nitrogens with one attached hydrogen (secondary N) is 1. The number of thiocarbonyl (C=S) groups is 1. The fourth-order valence-corrected chi connectivity index (χ4v) is 3.86. The summed E-state index contributed by atoms with van der Waals surface area (Å²) in [5.74, 6) is 0.972. The Morgan fingerprint density at radius 2 is 1.95 bits per heavy atom. The molecule has 0 bridgehead atoms. The molecule has 0 aromatic heterocycles. The second kappa shape index (κ2) is 8.04. The highest BCUT2D eigenvalue weighted by Crippen LogP contribution is 2.42. The molecule has 0 saturated heterocycles. The zero-order valence-corrected chi connectivity index (χ0v) is 14.6. The van der Waals surface area contributed by atoms with Crippen LogP contribution in [0.5, 0.6) is 0 Å². The number of benzene rings is 2. The molecule has 0 heterocycles.